The Morgan fingerprint density at radius 1 is 1.15 bits per heavy atom. The molecule has 2 aliphatic rings. The summed E-state index contributed by atoms with van der Waals surface area (Å²) in [6, 6.07) is 10.4. The molecule has 108 valence electrons. The zero-order chi connectivity index (χ0) is 14.0. The first-order chi connectivity index (χ1) is 9.70. The first kappa shape index (κ1) is 13.4. The number of aliphatic carboxylic acids is 1. The third kappa shape index (κ3) is 2.51. The number of benzene rings is 1. The summed E-state index contributed by atoms with van der Waals surface area (Å²) in [4.78, 5) is 15.8. The average molecular weight is 275 g/mol. The van der Waals surface area contributed by atoms with Gasteiger partial charge in [0.05, 0.1) is 12.0 Å². The highest BCUT2D eigenvalue weighted by molar-refractivity contribution is 5.69. The second kappa shape index (κ2) is 5.42. The maximum Gasteiger partial charge on any atom is 0.305 e. The van der Waals surface area contributed by atoms with Crippen molar-refractivity contribution in [3.05, 3.63) is 30.3 Å². The van der Waals surface area contributed by atoms with Crippen molar-refractivity contribution < 1.29 is 9.90 Å². The Morgan fingerprint density at radius 2 is 1.80 bits per heavy atom. The van der Waals surface area contributed by atoms with Crippen LogP contribution in [0, 0.1) is 0 Å². The summed E-state index contributed by atoms with van der Waals surface area (Å²) in [6.45, 7) is 5.39. The fourth-order valence-electron chi connectivity index (χ4n) is 3.23. The molecule has 0 radical (unpaired) electrons. The number of nitrogens with zero attached hydrogens (tertiary/aromatic N) is 2. The number of piperazine rings is 1. The molecule has 2 saturated heterocycles. The SMILES string of the molecule is O=C(O)CC1(N2CCN(c3ccccc3)CC2)CNC1. The number of hydrogen-bond donors (Lipinski definition) is 2. The molecule has 3 rings (SSSR count). The van der Waals surface area contributed by atoms with Crippen LogP contribution in [0.25, 0.3) is 0 Å². The molecular weight excluding hydrogens is 254 g/mol. The number of nitrogens with one attached hydrogen (secondary N) is 1. The van der Waals surface area contributed by atoms with Gasteiger partial charge in [-0.05, 0) is 12.1 Å². The van der Waals surface area contributed by atoms with E-state index in [1.165, 1.54) is 5.69 Å². The van der Waals surface area contributed by atoms with Gasteiger partial charge in [-0.3, -0.25) is 9.69 Å². The van der Waals surface area contributed by atoms with Crippen LogP contribution in [0.15, 0.2) is 30.3 Å². The molecule has 0 amide bonds. The summed E-state index contributed by atoms with van der Waals surface area (Å²) in [5.41, 5.74) is 1.10. The van der Waals surface area contributed by atoms with Crippen molar-refractivity contribution in [1.29, 1.82) is 0 Å². The van der Waals surface area contributed by atoms with Crippen molar-refractivity contribution in [2.45, 2.75) is 12.0 Å². The van der Waals surface area contributed by atoms with E-state index in [1.54, 1.807) is 0 Å². The predicted octanol–water partition coefficient (Wildman–Crippen LogP) is 0.625. The fourth-order valence-corrected chi connectivity index (χ4v) is 3.23. The number of para-hydroxylation sites is 1. The molecule has 5 heteroatoms. The molecule has 0 aromatic heterocycles. The highest BCUT2D eigenvalue weighted by Gasteiger charge is 2.45. The van der Waals surface area contributed by atoms with Crippen LogP contribution in [0.5, 0.6) is 0 Å². The van der Waals surface area contributed by atoms with E-state index < -0.39 is 5.97 Å². The molecular formula is C15H21N3O2. The monoisotopic (exact) mass is 275 g/mol. The Labute approximate surface area is 119 Å². The Kier molecular flexibility index (Phi) is 3.63. The zero-order valence-electron chi connectivity index (χ0n) is 11.6. The average Bonchev–Trinajstić information content (AvgIpc) is 2.44. The first-order valence-corrected chi connectivity index (χ1v) is 7.17. The van der Waals surface area contributed by atoms with Crippen LogP contribution < -0.4 is 10.2 Å². The van der Waals surface area contributed by atoms with E-state index in [0.717, 1.165) is 39.3 Å². The molecule has 2 heterocycles. The minimum atomic E-state index is -0.697. The largest absolute Gasteiger partial charge is 0.481 e. The standard InChI is InChI=1S/C15H21N3O2/c19-14(20)10-15(11-16-12-15)18-8-6-17(7-9-18)13-4-2-1-3-5-13/h1-5,16H,6-12H2,(H,19,20). The van der Waals surface area contributed by atoms with Crippen molar-refractivity contribution in [2.75, 3.05) is 44.2 Å². The van der Waals surface area contributed by atoms with Crippen LogP contribution in [0.3, 0.4) is 0 Å². The van der Waals surface area contributed by atoms with Crippen molar-refractivity contribution in [3.8, 4) is 0 Å². The molecule has 5 nitrogen and oxygen atoms in total. The van der Waals surface area contributed by atoms with E-state index in [1.807, 2.05) is 6.07 Å². The van der Waals surface area contributed by atoms with Gasteiger partial charge in [0.2, 0.25) is 0 Å². The molecule has 0 unspecified atom stereocenters. The van der Waals surface area contributed by atoms with E-state index in [2.05, 4.69) is 39.4 Å². The van der Waals surface area contributed by atoms with Gasteiger partial charge in [-0.2, -0.15) is 0 Å². The predicted molar refractivity (Wildman–Crippen MR) is 78.1 cm³/mol. The van der Waals surface area contributed by atoms with E-state index in [4.69, 9.17) is 5.11 Å². The summed E-state index contributed by atoms with van der Waals surface area (Å²) in [6.07, 6.45) is 0.241. The number of carboxylic acids is 1. The van der Waals surface area contributed by atoms with Crippen LogP contribution in [0.1, 0.15) is 6.42 Å². The number of carbonyl (C=O) groups is 1. The van der Waals surface area contributed by atoms with Gasteiger partial charge in [0.25, 0.3) is 0 Å². The molecule has 1 aromatic carbocycles. The quantitative estimate of drug-likeness (QED) is 0.844. The highest BCUT2D eigenvalue weighted by atomic mass is 16.4. The van der Waals surface area contributed by atoms with Crippen molar-refractivity contribution >= 4 is 11.7 Å². The highest BCUT2D eigenvalue weighted by Crippen LogP contribution is 2.27. The van der Waals surface area contributed by atoms with E-state index >= 15 is 0 Å². The third-order valence-corrected chi connectivity index (χ3v) is 4.46. The van der Waals surface area contributed by atoms with Crippen LogP contribution in [-0.4, -0.2) is 60.8 Å². The molecule has 1 aromatic rings. The van der Waals surface area contributed by atoms with Gasteiger partial charge >= 0.3 is 5.97 Å². The van der Waals surface area contributed by atoms with Gasteiger partial charge < -0.3 is 15.3 Å². The van der Waals surface area contributed by atoms with Crippen LogP contribution in [-0.2, 0) is 4.79 Å². The second-order valence-corrected chi connectivity index (χ2v) is 5.71. The minimum Gasteiger partial charge on any atom is -0.481 e. The van der Waals surface area contributed by atoms with Gasteiger partial charge in [0.15, 0.2) is 0 Å². The van der Waals surface area contributed by atoms with Gasteiger partial charge in [0.1, 0.15) is 0 Å². The zero-order valence-corrected chi connectivity index (χ0v) is 11.6. The van der Waals surface area contributed by atoms with Crippen molar-refractivity contribution in [3.63, 3.8) is 0 Å². The number of anilines is 1. The van der Waals surface area contributed by atoms with E-state index in [-0.39, 0.29) is 12.0 Å². The maximum atomic E-state index is 11.1. The lowest BCUT2D eigenvalue weighted by Gasteiger charge is -2.53. The summed E-state index contributed by atoms with van der Waals surface area (Å²) in [5.74, 6) is -0.697. The number of rotatable bonds is 4. The smallest absolute Gasteiger partial charge is 0.305 e. The van der Waals surface area contributed by atoms with Crippen molar-refractivity contribution in [1.82, 2.24) is 10.2 Å². The molecule has 20 heavy (non-hydrogen) atoms. The molecule has 2 fully saturated rings. The Bertz CT molecular complexity index is 465. The molecule has 0 aliphatic carbocycles. The number of hydrogen-bond acceptors (Lipinski definition) is 4. The van der Waals surface area contributed by atoms with Gasteiger partial charge in [-0.25, -0.2) is 0 Å². The molecule has 0 bridgehead atoms. The Morgan fingerprint density at radius 3 is 2.30 bits per heavy atom. The lowest BCUT2D eigenvalue weighted by Crippen LogP contribution is -2.72. The van der Waals surface area contributed by atoms with Crippen LogP contribution in [0.2, 0.25) is 0 Å². The lowest BCUT2D eigenvalue weighted by molar-refractivity contribution is -0.142. The Hall–Kier alpha value is -1.59. The lowest BCUT2D eigenvalue weighted by atomic mass is 9.86. The summed E-state index contributed by atoms with van der Waals surface area (Å²) >= 11 is 0. The van der Waals surface area contributed by atoms with Gasteiger partial charge in [-0.1, -0.05) is 18.2 Å². The minimum absolute atomic E-state index is 0.158. The molecule has 2 aliphatic heterocycles. The molecule has 2 N–H and O–H groups in total. The van der Waals surface area contributed by atoms with Crippen LogP contribution >= 0.6 is 0 Å². The van der Waals surface area contributed by atoms with Gasteiger partial charge in [-0.15, -0.1) is 0 Å². The molecule has 0 spiro atoms. The van der Waals surface area contributed by atoms with Crippen molar-refractivity contribution in [2.24, 2.45) is 0 Å². The normalized spacial score (nSPS) is 22.3. The van der Waals surface area contributed by atoms with E-state index in [0.29, 0.717) is 0 Å². The summed E-state index contributed by atoms with van der Waals surface area (Å²) in [7, 11) is 0. The fraction of sp³-hybridized carbons (Fsp3) is 0.533. The topological polar surface area (TPSA) is 55.8 Å². The van der Waals surface area contributed by atoms with E-state index in [9.17, 15) is 4.79 Å². The third-order valence-electron chi connectivity index (χ3n) is 4.46. The second-order valence-electron chi connectivity index (χ2n) is 5.71. The summed E-state index contributed by atoms with van der Waals surface area (Å²) in [5, 5.41) is 12.3. The van der Waals surface area contributed by atoms with Gasteiger partial charge in [0, 0.05) is 45.0 Å². The van der Waals surface area contributed by atoms with Crippen LogP contribution in [0.4, 0.5) is 5.69 Å². The molecule has 0 saturated carbocycles. The molecule has 0 atom stereocenters. The first-order valence-electron chi connectivity index (χ1n) is 7.17. The number of carboxylic acid groups (broad SMARTS) is 1. The Balaban J connectivity index is 1.62. The maximum absolute atomic E-state index is 11.1. The summed E-state index contributed by atoms with van der Waals surface area (Å²) < 4.78 is 0.